The Morgan fingerprint density at radius 1 is 1.50 bits per heavy atom. The normalized spacial score (nSPS) is 14.1. The van der Waals surface area contributed by atoms with Gasteiger partial charge in [0, 0.05) is 23.1 Å². The predicted molar refractivity (Wildman–Crippen MR) is 79.4 cm³/mol. The van der Waals surface area contributed by atoms with Gasteiger partial charge in [-0.2, -0.15) is 0 Å². The largest absolute Gasteiger partial charge is 0.497 e. The molecule has 0 unspecified atom stereocenters. The number of carbonyl (C=O) groups is 1. The molecular formula is C14H15N3O2S. The average Bonchev–Trinajstić information content (AvgIpc) is 3.19. The summed E-state index contributed by atoms with van der Waals surface area (Å²) in [4.78, 5) is 16.6. The Hall–Kier alpha value is -2.08. The molecule has 1 aromatic carbocycles. The number of nitrogen functional groups attached to an aromatic ring is 1. The van der Waals surface area contributed by atoms with Crippen LogP contribution < -0.4 is 15.8 Å². The van der Waals surface area contributed by atoms with Crippen LogP contribution in [0.3, 0.4) is 0 Å². The first-order valence-electron chi connectivity index (χ1n) is 6.37. The molecule has 0 saturated heterocycles. The van der Waals surface area contributed by atoms with Gasteiger partial charge in [0.05, 0.1) is 18.4 Å². The molecule has 1 aromatic heterocycles. The van der Waals surface area contributed by atoms with E-state index in [4.69, 9.17) is 10.5 Å². The number of nitrogens with zero attached hydrogens (tertiary/aromatic N) is 1. The summed E-state index contributed by atoms with van der Waals surface area (Å²) in [5.74, 6) is 0.967. The number of benzene rings is 1. The topological polar surface area (TPSA) is 77.2 Å². The highest BCUT2D eigenvalue weighted by Gasteiger charge is 2.26. The van der Waals surface area contributed by atoms with Crippen LogP contribution >= 0.6 is 11.3 Å². The Morgan fingerprint density at radius 3 is 2.95 bits per heavy atom. The zero-order valence-electron chi connectivity index (χ0n) is 11.1. The number of aromatic nitrogens is 1. The summed E-state index contributed by atoms with van der Waals surface area (Å²) in [5.41, 5.74) is 7.75. The summed E-state index contributed by atoms with van der Waals surface area (Å²) in [7, 11) is 1.56. The lowest BCUT2D eigenvalue weighted by Crippen LogP contribution is -2.14. The van der Waals surface area contributed by atoms with E-state index in [-0.39, 0.29) is 5.91 Å². The highest BCUT2D eigenvalue weighted by Crippen LogP contribution is 2.40. The van der Waals surface area contributed by atoms with Crippen molar-refractivity contribution < 1.29 is 9.53 Å². The number of rotatable bonds is 4. The Bertz CT molecular complexity index is 650. The van der Waals surface area contributed by atoms with Gasteiger partial charge in [0.25, 0.3) is 5.91 Å². The first kappa shape index (κ1) is 12.9. The van der Waals surface area contributed by atoms with Gasteiger partial charge >= 0.3 is 0 Å². The lowest BCUT2D eigenvalue weighted by Gasteiger charge is -2.07. The molecule has 1 aliphatic rings. The molecule has 3 rings (SSSR count). The van der Waals surface area contributed by atoms with Gasteiger partial charge in [0.1, 0.15) is 5.75 Å². The number of nitrogens with two attached hydrogens (primary N) is 1. The third-order valence-corrected chi connectivity index (χ3v) is 4.02. The molecule has 1 heterocycles. The molecular weight excluding hydrogens is 274 g/mol. The maximum Gasteiger partial charge on any atom is 0.259 e. The Balaban J connectivity index is 1.74. The smallest absolute Gasteiger partial charge is 0.259 e. The fourth-order valence-corrected chi connectivity index (χ4v) is 2.74. The van der Waals surface area contributed by atoms with Crippen molar-refractivity contribution in [3.63, 3.8) is 0 Å². The highest BCUT2D eigenvalue weighted by molar-refractivity contribution is 7.14. The van der Waals surface area contributed by atoms with E-state index in [9.17, 15) is 4.79 Å². The van der Waals surface area contributed by atoms with Crippen LogP contribution in [0.4, 0.5) is 10.8 Å². The number of hydrogen-bond donors (Lipinski definition) is 2. The van der Waals surface area contributed by atoms with Crippen LogP contribution in [0.15, 0.2) is 23.6 Å². The van der Waals surface area contributed by atoms with Crippen LogP contribution in [0.2, 0.25) is 0 Å². The van der Waals surface area contributed by atoms with Gasteiger partial charge in [-0.25, -0.2) is 4.98 Å². The molecule has 1 aliphatic carbocycles. The molecule has 104 valence electrons. The van der Waals surface area contributed by atoms with Crippen LogP contribution in [0.5, 0.6) is 5.75 Å². The molecule has 0 bridgehead atoms. The average molecular weight is 289 g/mol. The minimum Gasteiger partial charge on any atom is -0.497 e. The van der Waals surface area contributed by atoms with Crippen molar-refractivity contribution in [2.24, 2.45) is 0 Å². The monoisotopic (exact) mass is 289 g/mol. The zero-order valence-corrected chi connectivity index (χ0v) is 11.9. The second-order valence-corrected chi connectivity index (χ2v) is 5.62. The predicted octanol–water partition coefficient (Wildman–Crippen LogP) is 2.86. The van der Waals surface area contributed by atoms with Crippen LogP contribution in [-0.2, 0) is 0 Å². The van der Waals surface area contributed by atoms with Crippen molar-refractivity contribution >= 4 is 28.1 Å². The number of amides is 1. The van der Waals surface area contributed by atoms with Gasteiger partial charge in [-0.1, -0.05) is 0 Å². The van der Waals surface area contributed by atoms with Crippen molar-refractivity contribution in [2.45, 2.75) is 18.8 Å². The second kappa shape index (κ2) is 5.13. The minimum atomic E-state index is -0.248. The summed E-state index contributed by atoms with van der Waals surface area (Å²) >= 11 is 1.45. The molecule has 5 nitrogen and oxygen atoms in total. The Labute approximate surface area is 120 Å². The molecule has 0 aliphatic heterocycles. The fraction of sp³-hybridized carbons (Fsp3) is 0.286. The molecule has 2 aromatic rings. The van der Waals surface area contributed by atoms with E-state index in [1.807, 2.05) is 5.38 Å². The molecule has 0 radical (unpaired) electrons. The summed E-state index contributed by atoms with van der Waals surface area (Å²) in [6.45, 7) is 0. The van der Waals surface area contributed by atoms with Crippen LogP contribution in [0.1, 0.15) is 34.8 Å². The van der Waals surface area contributed by atoms with Crippen LogP contribution in [0.25, 0.3) is 0 Å². The maximum atomic E-state index is 12.2. The molecule has 3 N–H and O–H groups in total. The zero-order chi connectivity index (χ0) is 14.1. The lowest BCUT2D eigenvalue weighted by atomic mass is 10.1. The van der Waals surface area contributed by atoms with Gasteiger partial charge < -0.3 is 10.5 Å². The SMILES string of the molecule is COc1ccc(C(=O)Nc2nc(C3CC3)cs2)c(N)c1. The number of thiazole rings is 1. The van der Waals surface area contributed by atoms with Gasteiger partial charge in [0.15, 0.2) is 5.13 Å². The van der Waals surface area contributed by atoms with Crippen molar-refractivity contribution in [3.8, 4) is 5.75 Å². The number of ether oxygens (including phenoxy) is 1. The number of anilines is 2. The fourth-order valence-electron chi connectivity index (χ4n) is 1.95. The van der Waals surface area contributed by atoms with E-state index in [2.05, 4.69) is 10.3 Å². The van der Waals surface area contributed by atoms with E-state index < -0.39 is 0 Å². The van der Waals surface area contributed by atoms with Gasteiger partial charge in [0.2, 0.25) is 0 Å². The Morgan fingerprint density at radius 2 is 2.30 bits per heavy atom. The van der Waals surface area contributed by atoms with Gasteiger partial charge in [-0.05, 0) is 25.0 Å². The van der Waals surface area contributed by atoms with Crippen LogP contribution in [-0.4, -0.2) is 18.0 Å². The van der Waals surface area contributed by atoms with Gasteiger partial charge in [-0.3, -0.25) is 10.1 Å². The number of methoxy groups -OCH3 is 1. The maximum absolute atomic E-state index is 12.2. The van der Waals surface area contributed by atoms with Gasteiger partial charge in [-0.15, -0.1) is 11.3 Å². The summed E-state index contributed by atoms with van der Waals surface area (Å²) < 4.78 is 5.06. The first-order valence-corrected chi connectivity index (χ1v) is 7.25. The lowest BCUT2D eigenvalue weighted by molar-refractivity contribution is 0.102. The minimum absolute atomic E-state index is 0.248. The second-order valence-electron chi connectivity index (χ2n) is 4.76. The van der Waals surface area contributed by atoms with E-state index in [1.54, 1.807) is 25.3 Å². The number of carbonyl (C=O) groups excluding carboxylic acids is 1. The summed E-state index contributed by atoms with van der Waals surface area (Å²) in [6.07, 6.45) is 2.39. The molecule has 1 fully saturated rings. The Kier molecular flexibility index (Phi) is 3.31. The first-order chi connectivity index (χ1) is 9.67. The molecule has 0 spiro atoms. The van der Waals surface area contributed by atoms with Crippen molar-refractivity contribution in [1.82, 2.24) is 4.98 Å². The van der Waals surface area contributed by atoms with Crippen molar-refractivity contribution in [3.05, 3.63) is 34.8 Å². The quantitative estimate of drug-likeness (QED) is 0.848. The third-order valence-electron chi connectivity index (χ3n) is 3.24. The van der Waals surface area contributed by atoms with E-state index >= 15 is 0 Å². The van der Waals surface area contributed by atoms with E-state index in [0.29, 0.717) is 28.0 Å². The van der Waals surface area contributed by atoms with Crippen LogP contribution in [0, 0.1) is 0 Å². The van der Waals surface area contributed by atoms with Crippen molar-refractivity contribution in [1.29, 1.82) is 0 Å². The number of nitrogens with one attached hydrogen (secondary N) is 1. The van der Waals surface area contributed by atoms with E-state index in [0.717, 1.165) is 5.69 Å². The summed E-state index contributed by atoms with van der Waals surface area (Å²) in [6, 6.07) is 4.99. The molecule has 1 amide bonds. The van der Waals surface area contributed by atoms with E-state index in [1.165, 1.54) is 24.2 Å². The molecule has 1 saturated carbocycles. The number of hydrogen-bond acceptors (Lipinski definition) is 5. The highest BCUT2D eigenvalue weighted by atomic mass is 32.1. The molecule has 6 heteroatoms. The molecule has 0 atom stereocenters. The van der Waals surface area contributed by atoms with Crippen molar-refractivity contribution in [2.75, 3.05) is 18.2 Å². The standard InChI is InChI=1S/C14H15N3O2S/c1-19-9-4-5-10(11(15)6-9)13(18)17-14-16-12(7-20-14)8-2-3-8/h4-8H,2-3,15H2,1H3,(H,16,17,18). The molecule has 20 heavy (non-hydrogen) atoms. The summed E-state index contributed by atoms with van der Waals surface area (Å²) in [5, 5.41) is 5.41. The third kappa shape index (κ3) is 2.60.